The van der Waals surface area contributed by atoms with Crippen LogP contribution in [0.4, 0.5) is 0 Å². The summed E-state index contributed by atoms with van der Waals surface area (Å²) in [6.45, 7) is 1.15. The van der Waals surface area contributed by atoms with Gasteiger partial charge in [0.05, 0.1) is 11.8 Å². The minimum Gasteiger partial charge on any atom is -0.293 e. The average molecular weight is 186 g/mol. The third-order valence-electron chi connectivity index (χ3n) is 3.13. The van der Waals surface area contributed by atoms with Crippen molar-refractivity contribution < 1.29 is 0 Å². The van der Waals surface area contributed by atoms with Crippen molar-refractivity contribution in [1.82, 2.24) is 5.01 Å². The highest BCUT2D eigenvalue weighted by Crippen LogP contribution is 2.28. The zero-order chi connectivity index (χ0) is 9.38. The lowest BCUT2D eigenvalue weighted by Gasteiger charge is -2.11. The smallest absolute Gasteiger partial charge is 0.0698 e. The number of hydrazone groups is 1. The van der Waals surface area contributed by atoms with Gasteiger partial charge in [0, 0.05) is 13.0 Å². The molecule has 1 atom stereocenters. The molecule has 2 aliphatic heterocycles. The monoisotopic (exact) mass is 186 g/mol. The summed E-state index contributed by atoms with van der Waals surface area (Å²) in [6.07, 6.45) is 3.78. The Bertz CT molecular complexity index is 356. The molecule has 0 spiro atoms. The van der Waals surface area contributed by atoms with Crippen molar-refractivity contribution >= 4 is 5.71 Å². The predicted molar refractivity (Wildman–Crippen MR) is 57.3 cm³/mol. The summed E-state index contributed by atoms with van der Waals surface area (Å²) in [6, 6.07) is 11.2. The molecule has 0 saturated carbocycles. The summed E-state index contributed by atoms with van der Waals surface area (Å²) in [7, 11) is 0. The van der Waals surface area contributed by atoms with E-state index in [9.17, 15) is 0 Å². The molecular weight excluding hydrogens is 172 g/mol. The van der Waals surface area contributed by atoms with E-state index in [0.717, 1.165) is 13.0 Å². The maximum Gasteiger partial charge on any atom is 0.0698 e. The van der Waals surface area contributed by atoms with Crippen LogP contribution >= 0.6 is 0 Å². The molecule has 0 aliphatic carbocycles. The second-order valence-corrected chi connectivity index (χ2v) is 4.08. The largest absolute Gasteiger partial charge is 0.293 e. The van der Waals surface area contributed by atoms with Gasteiger partial charge in [0.2, 0.25) is 0 Å². The van der Waals surface area contributed by atoms with Gasteiger partial charge in [-0.05, 0) is 18.4 Å². The number of hydrogen-bond acceptors (Lipinski definition) is 2. The third kappa shape index (κ3) is 1.22. The fourth-order valence-corrected chi connectivity index (χ4v) is 2.38. The van der Waals surface area contributed by atoms with Crippen LogP contribution in [0.1, 0.15) is 24.8 Å². The number of rotatable bonds is 1. The van der Waals surface area contributed by atoms with E-state index < -0.39 is 0 Å². The lowest BCUT2D eigenvalue weighted by molar-refractivity contribution is 0.298. The summed E-state index contributed by atoms with van der Waals surface area (Å²) in [5, 5.41) is 6.94. The molecule has 1 fully saturated rings. The molecule has 1 saturated heterocycles. The third-order valence-corrected chi connectivity index (χ3v) is 3.13. The van der Waals surface area contributed by atoms with Gasteiger partial charge >= 0.3 is 0 Å². The van der Waals surface area contributed by atoms with Gasteiger partial charge in [-0.1, -0.05) is 30.3 Å². The first-order valence-corrected chi connectivity index (χ1v) is 5.33. The second kappa shape index (κ2) is 3.12. The van der Waals surface area contributed by atoms with Crippen LogP contribution in [0.3, 0.4) is 0 Å². The van der Waals surface area contributed by atoms with E-state index in [2.05, 4.69) is 40.4 Å². The molecule has 14 heavy (non-hydrogen) atoms. The van der Waals surface area contributed by atoms with Gasteiger partial charge in [-0.3, -0.25) is 5.01 Å². The predicted octanol–water partition coefficient (Wildman–Crippen LogP) is 2.26. The van der Waals surface area contributed by atoms with Gasteiger partial charge in [-0.2, -0.15) is 5.10 Å². The summed E-state index contributed by atoms with van der Waals surface area (Å²) in [5.41, 5.74) is 2.57. The fourth-order valence-electron chi connectivity index (χ4n) is 2.38. The van der Waals surface area contributed by atoms with E-state index >= 15 is 0 Å². The van der Waals surface area contributed by atoms with Gasteiger partial charge in [0.1, 0.15) is 0 Å². The van der Waals surface area contributed by atoms with Gasteiger partial charge in [0.25, 0.3) is 0 Å². The normalized spacial score (nSPS) is 25.0. The van der Waals surface area contributed by atoms with E-state index in [1.54, 1.807) is 0 Å². The Balaban J connectivity index is 1.88. The molecule has 0 bridgehead atoms. The lowest BCUT2D eigenvalue weighted by Crippen LogP contribution is -2.17. The van der Waals surface area contributed by atoms with Crippen LogP contribution in [-0.2, 0) is 0 Å². The van der Waals surface area contributed by atoms with E-state index in [1.807, 2.05) is 0 Å². The van der Waals surface area contributed by atoms with Gasteiger partial charge in [0.15, 0.2) is 0 Å². The summed E-state index contributed by atoms with van der Waals surface area (Å²) in [5.74, 6) is 0. The molecule has 72 valence electrons. The first-order chi connectivity index (χ1) is 6.93. The Morgan fingerprint density at radius 2 is 2.07 bits per heavy atom. The average Bonchev–Trinajstić information content (AvgIpc) is 2.78. The molecule has 2 heterocycles. The molecule has 0 radical (unpaired) electrons. The first-order valence-electron chi connectivity index (χ1n) is 5.33. The van der Waals surface area contributed by atoms with Gasteiger partial charge in [-0.15, -0.1) is 0 Å². The Labute approximate surface area is 84.2 Å². The van der Waals surface area contributed by atoms with Crippen LogP contribution in [0.25, 0.3) is 0 Å². The number of hydrogen-bond donors (Lipinski definition) is 0. The quantitative estimate of drug-likeness (QED) is 0.657. The molecule has 2 aliphatic rings. The van der Waals surface area contributed by atoms with Crippen molar-refractivity contribution in [2.45, 2.75) is 25.3 Å². The Morgan fingerprint density at radius 1 is 1.21 bits per heavy atom. The highest BCUT2D eigenvalue weighted by molar-refractivity contribution is 6.01. The maximum absolute atomic E-state index is 4.67. The van der Waals surface area contributed by atoms with Crippen molar-refractivity contribution in [1.29, 1.82) is 0 Å². The van der Waals surface area contributed by atoms with Crippen LogP contribution in [0.15, 0.2) is 35.4 Å². The molecule has 2 nitrogen and oxygen atoms in total. The first kappa shape index (κ1) is 8.04. The van der Waals surface area contributed by atoms with Crippen molar-refractivity contribution in [3.8, 4) is 0 Å². The molecule has 1 aromatic carbocycles. The second-order valence-electron chi connectivity index (χ2n) is 4.08. The maximum atomic E-state index is 4.67. The number of nitrogens with zero attached hydrogens (tertiary/aromatic N) is 2. The summed E-state index contributed by atoms with van der Waals surface area (Å²) in [4.78, 5) is 0. The van der Waals surface area contributed by atoms with E-state index in [-0.39, 0.29) is 0 Å². The Kier molecular flexibility index (Phi) is 1.79. The molecule has 0 N–H and O–H groups in total. The van der Waals surface area contributed by atoms with Crippen molar-refractivity contribution in [3.63, 3.8) is 0 Å². The minimum absolute atomic E-state index is 0.699. The zero-order valence-electron chi connectivity index (χ0n) is 8.19. The lowest BCUT2D eigenvalue weighted by atomic mass is 10.0. The van der Waals surface area contributed by atoms with E-state index in [0.29, 0.717) is 6.04 Å². The van der Waals surface area contributed by atoms with Crippen molar-refractivity contribution in [2.24, 2.45) is 5.10 Å². The van der Waals surface area contributed by atoms with Crippen LogP contribution in [0.2, 0.25) is 0 Å². The Morgan fingerprint density at radius 3 is 2.86 bits per heavy atom. The van der Waals surface area contributed by atoms with Crippen LogP contribution in [-0.4, -0.2) is 23.3 Å². The fraction of sp³-hybridized carbons (Fsp3) is 0.417. The Hall–Kier alpha value is -1.31. The van der Waals surface area contributed by atoms with Gasteiger partial charge < -0.3 is 0 Å². The number of benzene rings is 1. The molecule has 0 amide bonds. The van der Waals surface area contributed by atoms with Crippen LogP contribution < -0.4 is 0 Å². The highest BCUT2D eigenvalue weighted by atomic mass is 15.5. The molecule has 1 aromatic rings. The molecular formula is C12H14N2. The van der Waals surface area contributed by atoms with E-state index in [4.69, 9.17) is 0 Å². The zero-order valence-corrected chi connectivity index (χ0v) is 8.19. The van der Waals surface area contributed by atoms with E-state index in [1.165, 1.54) is 24.1 Å². The summed E-state index contributed by atoms with van der Waals surface area (Å²) >= 11 is 0. The van der Waals surface area contributed by atoms with Gasteiger partial charge in [-0.25, -0.2) is 0 Å². The van der Waals surface area contributed by atoms with Crippen LogP contribution in [0, 0.1) is 0 Å². The van der Waals surface area contributed by atoms with Crippen molar-refractivity contribution in [2.75, 3.05) is 6.54 Å². The highest BCUT2D eigenvalue weighted by Gasteiger charge is 2.30. The summed E-state index contributed by atoms with van der Waals surface area (Å²) < 4.78 is 0. The molecule has 2 heteroatoms. The standard InChI is InChI=1S/C12H14N2/c1-2-5-10(6-3-1)12-9-11-7-4-8-14(11)13-12/h1-3,5-6,11H,4,7-9H2. The minimum atomic E-state index is 0.699. The number of fused-ring (bicyclic) bond motifs is 1. The molecule has 3 rings (SSSR count). The molecule has 1 unspecified atom stereocenters. The topological polar surface area (TPSA) is 15.6 Å². The van der Waals surface area contributed by atoms with Crippen LogP contribution in [0.5, 0.6) is 0 Å². The molecule has 0 aromatic heterocycles. The SMILES string of the molecule is c1ccc(C2=NN3CCCC3C2)cc1. The van der Waals surface area contributed by atoms with Crippen molar-refractivity contribution in [3.05, 3.63) is 35.9 Å².